The fourth-order valence-electron chi connectivity index (χ4n) is 5.96. The lowest BCUT2D eigenvalue weighted by Gasteiger charge is -2.35. The van der Waals surface area contributed by atoms with Crippen LogP contribution >= 0.6 is 0 Å². The van der Waals surface area contributed by atoms with Gasteiger partial charge >= 0.3 is 6.09 Å². The molecule has 1 fully saturated rings. The zero-order chi connectivity index (χ0) is 36.6. The molecule has 5 N–H and O–H groups in total. The largest absolute Gasteiger partial charge is 0.453 e. The standard InChI is InChI=1S/C35H51N7O7S/c1-23(2)20-42(50(47,48)25-14-15-26-27(19-25)38-33(37-26)40-34(46)49-6)21-29(43)28(18-24-12-8-7-9-13-24)36-32(45)31(35(3,4)5)39-30(44)22-41-16-10-11-17-41/h7-9,12-15,19,23,28-29,31,43H,10-11,16-18,20-22H2,1-6H3,(H,36,45)(H,39,44)(H2,37,38,40,46)/t28-,29?,31+/m0/s1. The van der Waals surface area contributed by atoms with Gasteiger partial charge in [-0.15, -0.1) is 0 Å². The molecule has 3 aromatic rings. The predicted molar refractivity (Wildman–Crippen MR) is 191 cm³/mol. The molecule has 274 valence electrons. The van der Waals surface area contributed by atoms with Gasteiger partial charge in [-0.25, -0.2) is 18.2 Å². The minimum Gasteiger partial charge on any atom is -0.453 e. The van der Waals surface area contributed by atoms with Crippen LogP contribution in [-0.2, 0) is 30.8 Å². The van der Waals surface area contributed by atoms with Crippen LogP contribution in [0.15, 0.2) is 53.4 Å². The minimum atomic E-state index is -4.16. The van der Waals surface area contributed by atoms with Gasteiger partial charge in [-0.3, -0.25) is 19.8 Å². The lowest BCUT2D eigenvalue weighted by Crippen LogP contribution is -2.59. The number of methoxy groups -OCH3 is 1. The van der Waals surface area contributed by atoms with Crippen molar-refractivity contribution in [3.05, 3.63) is 54.1 Å². The van der Waals surface area contributed by atoms with Gasteiger partial charge in [0.15, 0.2) is 0 Å². The number of aliphatic hydroxyl groups is 1. The van der Waals surface area contributed by atoms with Crippen LogP contribution in [0.1, 0.15) is 53.0 Å². The Labute approximate surface area is 294 Å². The second-order valence-electron chi connectivity index (χ2n) is 14.3. The summed E-state index contributed by atoms with van der Waals surface area (Å²) in [5.41, 5.74) is 0.980. The second-order valence-corrected chi connectivity index (χ2v) is 16.3. The smallest absolute Gasteiger partial charge is 0.413 e. The Morgan fingerprint density at radius 3 is 2.34 bits per heavy atom. The zero-order valence-electron chi connectivity index (χ0n) is 29.7. The number of nitrogens with one attached hydrogen (secondary N) is 4. The average Bonchev–Trinajstić information content (AvgIpc) is 3.71. The first-order valence-electron chi connectivity index (χ1n) is 17.0. The zero-order valence-corrected chi connectivity index (χ0v) is 30.5. The van der Waals surface area contributed by atoms with E-state index in [9.17, 15) is 27.9 Å². The summed E-state index contributed by atoms with van der Waals surface area (Å²) in [4.78, 5) is 47.8. The molecule has 1 unspecified atom stereocenters. The molecule has 0 radical (unpaired) electrons. The molecular weight excluding hydrogens is 662 g/mol. The van der Waals surface area contributed by atoms with Gasteiger partial charge in [-0.2, -0.15) is 4.31 Å². The van der Waals surface area contributed by atoms with Crippen molar-refractivity contribution in [1.82, 2.24) is 29.8 Å². The third-order valence-corrected chi connectivity index (χ3v) is 10.4. The molecule has 14 nitrogen and oxygen atoms in total. The molecule has 0 bridgehead atoms. The Hall–Kier alpha value is -4.05. The van der Waals surface area contributed by atoms with Crippen molar-refractivity contribution in [1.29, 1.82) is 0 Å². The van der Waals surface area contributed by atoms with E-state index >= 15 is 0 Å². The fraction of sp³-hybridized carbons (Fsp3) is 0.543. The molecule has 15 heteroatoms. The van der Waals surface area contributed by atoms with E-state index < -0.39 is 45.6 Å². The van der Waals surface area contributed by atoms with Crippen LogP contribution in [0.4, 0.5) is 10.7 Å². The van der Waals surface area contributed by atoms with Crippen molar-refractivity contribution < 1.29 is 32.6 Å². The average molecular weight is 714 g/mol. The summed E-state index contributed by atoms with van der Waals surface area (Å²) in [6.45, 7) is 11.0. The molecule has 3 atom stereocenters. The van der Waals surface area contributed by atoms with Crippen molar-refractivity contribution in [2.75, 3.05) is 45.2 Å². The molecule has 1 aromatic heterocycles. The number of rotatable bonds is 15. The van der Waals surface area contributed by atoms with Gasteiger partial charge in [0.05, 0.1) is 41.7 Å². The number of carbonyl (C=O) groups excluding carboxylic acids is 3. The van der Waals surface area contributed by atoms with Gasteiger partial charge < -0.3 is 25.5 Å². The van der Waals surface area contributed by atoms with Gasteiger partial charge in [0.1, 0.15) is 6.04 Å². The lowest BCUT2D eigenvalue weighted by molar-refractivity contribution is -0.133. The number of sulfonamides is 1. The van der Waals surface area contributed by atoms with Crippen LogP contribution in [-0.4, -0.2) is 109 Å². The van der Waals surface area contributed by atoms with E-state index in [0.717, 1.165) is 31.5 Å². The number of benzene rings is 2. The van der Waals surface area contributed by atoms with E-state index in [4.69, 9.17) is 0 Å². The molecule has 1 saturated heterocycles. The first-order valence-corrected chi connectivity index (χ1v) is 18.4. The Balaban J connectivity index is 1.59. The van der Waals surface area contributed by atoms with Gasteiger partial charge in [-0.05, 0) is 67.4 Å². The van der Waals surface area contributed by atoms with Gasteiger partial charge in [0, 0.05) is 13.1 Å². The van der Waals surface area contributed by atoms with Crippen LogP contribution in [0, 0.1) is 11.3 Å². The van der Waals surface area contributed by atoms with Crippen LogP contribution < -0.4 is 16.0 Å². The molecule has 4 rings (SSSR count). The molecule has 0 aliphatic carbocycles. The first kappa shape index (κ1) is 38.7. The van der Waals surface area contributed by atoms with Crippen molar-refractivity contribution in [2.45, 2.75) is 77.0 Å². The number of ether oxygens (including phenoxy) is 1. The number of H-pyrrole nitrogens is 1. The summed E-state index contributed by atoms with van der Waals surface area (Å²) >= 11 is 0. The molecule has 1 aliphatic rings. The number of fused-ring (bicyclic) bond motifs is 1. The number of likely N-dealkylation sites (tertiary alicyclic amines) is 1. The maximum absolute atomic E-state index is 14.1. The number of amides is 3. The third kappa shape index (κ3) is 10.5. The van der Waals surface area contributed by atoms with Crippen LogP contribution in [0.2, 0.25) is 0 Å². The predicted octanol–water partition coefficient (Wildman–Crippen LogP) is 3.10. The summed E-state index contributed by atoms with van der Waals surface area (Å²) < 4.78 is 34.1. The number of nitrogens with zero attached hydrogens (tertiary/aromatic N) is 3. The number of aliphatic hydroxyl groups excluding tert-OH is 1. The van der Waals surface area contributed by atoms with E-state index in [2.05, 4.69) is 35.6 Å². The molecule has 50 heavy (non-hydrogen) atoms. The summed E-state index contributed by atoms with van der Waals surface area (Å²) in [5.74, 6) is -0.719. The molecule has 0 spiro atoms. The SMILES string of the molecule is COC(=O)Nc1nc2ccc(S(=O)(=O)N(CC(C)C)CC(O)[C@H](Cc3ccccc3)NC(=O)[C@@H](NC(=O)CN3CCCC3)C(C)(C)C)cc2[nH]1. The topological polar surface area (TPSA) is 186 Å². The Bertz CT molecular complexity index is 1720. The molecule has 3 amide bonds. The van der Waals surface area contributed by atoms with E-state index in [-0.39, 0.29) is 48.7 Å². The second kappa shape index (κ2) is 16.8. The monoisotopic (exact) mass is 713 g/mol. The minimum absolute atomic E-state index is 0.0386. The highest BCUT2D eigenvalue weighted by atomic mass is 32.2. The number of hydrogen-bond donors (Lipinski definition) is 5. The quantitative estimate of drug-likeness (QED) is 0.158. The molecular formula is C35H51N7O7S. The number of anilines is 1. The lowest BCUT2D eigenvalue weighted by atomic mass is 9.85. The van der Waals surface area contributed by atoms with Crippen LogP contribution in [0.3, 0.4) is 0 Å². The summed E-state index contributed by atoms with van der Waals surface area (Å²) in [6, 6.07) is 11.9. The number of carbonyl (C=O) groups is 3. The normalized spacial score (nSPS) is 15.9. The van der Waals surface area contributed by atoms with Crippen LogP contribution in [0.5, 0.6) is 0 Å². The van der Waals surface area contributed by atoms with Crippen molar-refractivity contribution in [3.63, 3.8) is 0 Å². The van der Waals surface area contributed by atoms with E-state index in [0.29, 0.717) is 11.0 Å². The van der Waals surface area contributed by atoms with E-state index in [1.807, 2.05) is 65.0 Å². The number of aromatic nitrogens is 2. The first-order chi connectivity index (χ1) is 23.6. The van der Waals surface area contributed by atoms with Gasteiger partial charge in [-0.1, -0.05) is 65.0 Å². The number of aromatic amines is 1. The summed E-state index contributed by atoms with van der Waals surface area (Å²) in [7, 11) is -2.95. The highest BCUT2D eigenvalue weighted by Crippen LogP contribution is 2.25. The Morgan fingerprint density at radius 2 is 1.72 bits per heavy atom. The Kier molecular flexibility index (Phi) is 13.0. The van der Waals surface area contributed by atoms with Crippen molar-refractivity contribution in [3.8, 4) is 0 Å². The summed E-state index contributed by atoms with van der Waals surface area (Å²) in [6.07, 6.45) is 0.237. The number of imidazole rings is 1. The highest BCUT2D eigenvalue weighted by Gasteiger charge is 2.37. The van der Waals surface area contributed by atoms with Gasteiger partial charge in [0.2, 0.25) is 27.8 Å². The Morgan fingerprint density at radius 1 is 1.04 bits per heavy atom. The summed E-state index contributed by atoms with van der Waals surface area (Å²) in [5, 5.41) is 20.1. The molecule has 1 aliphatic heterocycles. The molecule has 2 heterocycles. The third-order valence-electron chi connectivity index (χ3n) is 8.55. The van der Waals surface area contributed by atoms with Crippen molar-refractivity contribution >= 4 is 44.9 Å². The van der Waals surface area contributed by atoms with Crippen molar-refractivity contribution in [2.24, 2.45) is 11.3 Å². The maximum atomic E-state index is 14.1. The van der Waals surface area contributed by atoms with Crippen LogP contribution in [0.25, 0.3) is 11.0 Å². The number of hydrogen-bond acceptors (Lipinski definition) is 9. The maximum Gasteiger partial charge on any atom is 0.413 e. The van der Waals surface area contributed by atoms with E-state index in [1.54, 1.807) is 0 Å². The highest BCUT2D eigenvalue weighted by molar-refractivity contribution is 7.89. The molecule has 2 aromatic carbocycles. The fourth-order valence-corrected chi connectivity index (χ4v) is 7.61. The molecule has 0 saturated carbocycles. The van der Waals surface area contributed by atoms with E-state index in [1.165, 1.54) is 29.6 Å². The van der Waals surface area contributed by atoms with Gasteiger partial charge in [0.25, 0.3) is 0 Å².